The largest absolute Gasteiger partial charge is 0.481 e. The maximum absolute atomic E-state index is 13.7. The van der Waals surface area contributed by atoms with Gasteiger partial charge < -0.3 is 35.4 Å². The van der Waals surface area contributed by atoms with Crippen molar-refractivity contribution in [3.8, 4) is 5.88 Å². The zero-order chi connectivity index (χ0) is 64.7. The highest BCUT2D eigenvalue weighted by atomic mass is 32.2. The van der Waals surface area contributed by atoms with Gasteiger partial charge in [0.15, 0.2) is 5.71 Å². The molecule has 17 nitrogen and oxygen atoms in total. The maximum Gasteiger partial charge on any atom is 0.320 e. The normalized spacial score (nSPS) is 16.8. The highest BCUT2D eigenvalue weighted by Crippen LogP contribution is 2.51. The number of rotatable bonds is 26. The van der Waals surface area contributed by atoms with Gasteiger partial charge in [0.05, 0.1) is 35.6 Å². The number of methoxy groups -OCH3 is 1. The number of unbranched alkanes of at least 4 members (excludes halogenated alkanes) is 2. The van der Waals surface area contributed by atoms with Crippen LogP contribution in [0.4, 0.5) is 22.0 Å². The van der Waals surface area contributed by atoms with E-state index in [1.165, 1.54) is 16.3 Å². The summed E-state index contributed by atoms with van der Waals surface area (Å²) in [5.74, 6) is 0.693. The third kappa shape index (κ3) is 14.0. The predicted molar refractivity (Wildman–Crippen MR) is 364 cm³/mol. The van der Waals surface area contributed by atoms with Crippen LogP contribution in [0.3, 0.4) is 0 Å². The molecule has 1 atom stereocenters. The van der Waals surface area contributed by atoms with Gasteiger partial charge in [-0.05, 0) is 159 Å². The Morgan fingerprint density at radius 2 is 1.63 bits per heavy atom. The number of nitrogens with zero attached hydrogens (tertiary/aromatic N) is 7. The summed E-state index contributed by atoms with van der Waals surface area (Å²) in [5.41, 5.74) is 11.1. The minimum absolute atomic E-state index is 0.0524. The number of ether oxygens (including phenoxy) is 1. The summed E-state index contributed by atoms with van der Waals surface area (Å²) < 4.78 is 41.2. The Morgan fingerprint density at radius 3 is 2.36 bits per heavy atom. The Bertz CT molecular complexity index is 4160. The monoisotopic (exact) mass is 1260 g/mol. The summed E-state index contributed by atoms with van der Waals surface area (Å²) >= 11 is 0. The molecule has 3 aromatic heterocycles. The molecule has 4 N–H and O–H groups in total. The number of amides is 4. The van der Waals surface area contributed by atoms with Crippen LogP contribution in [0.2, 0.25) is 0 Å². The Morgan fingerprint density at radius 1 is 0.859 bits per heavy atom. The minimum atomic E-state index is -4.19. The Hall–Kier alpha value is -8.74. The number of hydrogen-bond acceptors (Lipinski definition) is 11. The number of aromatic nitrogens is 3. The first-order chi connectivity index (χ1) is 44.3. The van der Waals surface area contributed by atoms with Gasteiger partial charge in [0.2, 0.25) is 17.5 Å². The van der Waals surface area contributed by atoms with Gasteiger partial charge in [0.25, 0.3) is 16.0 Å². The molecule has 0 bridgehead atoms. The van der Waals surface area contributed by atoms with E-state index < -0.39 is 27.0 Å². The summed E-state index contributed by atoms with van der Waals surface area (Å²) in [7, 11) is -2.64. The van der Waals surface area contributed by atoms with E-state index in [9.17, 15) is 27.4 Å². The van der Waals surface area contributed by atoms with Gasteiger partial charge in [-0.25, -0.2) is 14.8 Å². The molecule has 4 radical (unpaired) electrons. The number of nitrogens with one attached hydrogen (secondary N) is 3. The van der Waals surface area contributed by atoms with Crippen molar-refractivity contribution in [3.63, 3.8) is 0 Å². The van der Waals surface area contributed by atoms with Crippen molar-refractivity contribution in [2.24, 2.45) is 0 Å². The third-order valence-corrected chi connectivity index (χ3v) is 19.3. The van der Waals surface area contributed by atoms with Crippen molar-refractivity contribution < 1.29 is 36.7 Å². The van der Waals surface area contributed by atoms with Gasteiger partial charge in [-0.1, -0.05) is 87.0 Å². The summed E-state index contributed by atoms with van der Waals surface area (Å²) in [6, 6.07) is 33.9. The molecule has 476 valence electrons. The van der Waals surface area contributed by atoms with E-state index in [2.05, 4.69) is 149 Å². The summed E-state index contributed by atoms with van der Waals surface area (Å²) in [5, 5.41) is 14.2. The predicted octanol–water partition coefficient (Wildman–Crippen LogP) is 12.4. The second-order valence-electron chi connectivity index (χ2n) is 25.3. The van der Waals surface area contributed by atoms with Gasteiger partial charge >= 0.3 is 6.03 Å². The Labute approximate surface area is 541 Å². The number of benzene rings is 4. The second-order valence-corrected chi connectivity index (χ2v) is 26.9. The van der Waals surface area contributed by atoms with Crippen molar-refractivity contribution in [3.05, 3.63) is 204 Å². The SMILES string of the molecule is [CH]CCN1/C(=C/C=C(/C=C/C2=[N+](CCCS(=O)(=O)O)c3ccc4ccccc4c3C2(C)C)c2ccc(C(=O)NCCCCCC(=O)NCc3cc4c(nc3CCCN3CCN([C@@H]([CH])c5ccc(OC)nc5)C3=O)NCCC4)cn2)C(C)(C)c2c1ccc1ccccc21. The highest BCUT2D eigenvalue weighted by Gasteiger charge is 2.46. The van der Waals surface area contributed by atoms with Crippen molar-refractivity contribution in [2.75, 3.05) is 68.9 Å². The summed E-state index contributed by atoms with van der Waals surface area (Å²) in [6.45, 7) is 25.9. The zero-order valence-electron chi connectivity index (χ0n) is 53.4. The number of carbonyl (C=O) groups is 3. The van der Waals surface area contributed by atoms with Crippen LogP contribution < -0.4 is 25.6 Å². The molecule has 4 aromatic carbocycles. The second kappa shape index (κ2) is 28.0. The lowest BCUT2D eigenvalue weighted by atomic mass is 9.79. The number of urea groups is 1. The number of fused-ring (bicyclic) bond motifs is 7. The molecule has 4 amide bonds. The Kier molecular flexibility index (Phi) is 19.7. The quantitative estimate of drug-likeness (QED) is 0.0173. The van der Waals surface area contributed by atoms with Crippen LogP contribution in [-0.4, -0.2) is 125 Å². The van der Waals surface area contributed by atoms with E-state index in [1.54, 1.807) is 36.5 Å². The topological polar surface area (TPSA) is 202 Å². The summed E-state index contributed by atoms with van der Waals surface area (Å²) in [4.78, 5) is 60.5. The summed E-state index contributed by atoms with van der Waals surface area (Å²) in [6.07, 6.45) is 18.0. The van der Waals surface area contributed by atoms with E-state index in [-0.39, 0.29) is 30.0 Å². The lowest BCUT2D eigenvalue weighted by molar-refractivity contribution is -0.437. The molecule has 11 rings (SSSR count). The lowest BCUT2D eigenvalue weighted by Crippen LogP contribution is -2.34. The fraction of sp³-hybridized carbons (Fsp3) is 0.365. The minimum Gasteiger partial charge on any atom is -0.481 e. The fourth-order valence-corrected chi connectivity index (χ4v) is 14.2. The zero-order valence-corrected chi connectivity index (χ0v) is 54.2. The highest BCUT2D eigenvalue weighted by molar-refractivity contribution is 7.85. The molecule has 7 heterocycles. The van der Waals surface area contributed by atoms with Gasteiger partial charge in [0.1, 0.15) is 12.4 Å². The molecule has 1 fully saturated rings. The molecule has 92 heavy (non-hydrogen) atoms. The van der Waals surface area contributed by atoms with Crippen LogP contribution in [0, 0.1) is 13.8 Å². The molecule has 4 aliphatic rings. The molecule has 18 heteroatoms. The van der Waals surface area contributed by atoms with Crippen LogP contribution in [0.5, 0.6) is 5.88 Å². The Balaban J connectivity index is 0.739. The van der Waals surface area contributed by atoms with E-state index in [1.807, 2.05) is 29.2 Å². The van der Waals surface area contributed by atoms with Gasteiger partial charge in [-0.3, -0.25) is 19.1 Å². The standard InChI is InChI=1S/C74H82N10O7S/c1-8-40-83-62-33-27-51-19-11-13-22-58(51)68(62)73(3,4)64(83)35-29-53(30-36-65-74(5,6)69-59-23-14-12-20-52(59)28-34-63(69)84(65)42-18-45-92(88,89)90)60-32-26-56(48-77-60)71(86)76-38-15-9-10-25-66(85)78-49-57-46-54-21-16-39-75-70(54)80-61(57)24-17-41-81-43-44-82(72(81)87)50(2)55-31-37-67(91-7)79-47-55/h1-2,11-14,19-20,22-23,26-37,46-48,50H,8-10,15-18,21,24-25,38-45,49H2,3-7H3,(H3-,75,76,78,80,85,86,88,89,90)/p+1/t50-/m0/s1. The first-order valence-corrected chi connectivity index (χ1v) is 33.8. The number of carbonyl (C=O) groups excluding carboxylic acids is 3. The van der Waals surface area contributed by atoms with Crippen LogP contribution in [0.25, 0.3) is 27.1 Å². The van der Waals surface area contributed by atoms with Crippen LogP contribution in [0.15, 0.2) is 146 Å². The van der Waals surface area contributed by atoms with Crippen molar-refractivity contribution >= 4 is 78.0 Å². The number of hydrogen-bond donors (Lipinski definition) is 4. The van der Waals surface area contributed by atoms with E-state index in [4.69, 9.17) is 28.6 Å². The van der Waals surface area contributed by atoms with E-state index in [0.29, 0.717) is 101 Å². The van der Waals surface area contributed by atoms with Gasteiger partial charge in [-0.15, -0.1) is 0 Å². The van der Waals surface area contributed by atoms with E-state index in [0.717, 1.165) is 98.7 Å². The molecule has 0 aliphatic carbocycles. The number of aryl methyl sites for hydroxylation is 2. The molecule has 7 aromatic rings. The maximum atomic E-state index is 13.7. The van der Waals surface area contributed by atoms with Gasteiger partial charge in [0, 0.05) is 123 Å². The molecule has 0 saturated carbocycles. The lowest BCUT2D eigenvalue weighted by Gasteiger charge is -2.27. The van der Waals surface area contributed by atoms with Crippen molar-refractivity contribution in [2.45, 2.75) is 115 Å². The van der Waals surface area contributed by atoms with E-state index >= 15 is 0 Å². The molecule has 0 unspecified atom stereocenters. The van der Waals surface area contributed by atoms with Gasteiger partial charge in [-0.2, -0.15) is 13.0 Å². The van der Waals surface area contributed by atoms with Crippen LogP contribution >= 0.6 is 0 Å². The molecular formula is C74H83N10O7S+. The molecule has 4 aliphatic heterocycles. The smallest absolute Gasteiger partial charge is 0.320 e. The average Bonchev–Trinajstić information content (AvgIpc) is 1.58. The molecule has 0 spiro atoms. The number of anilines is 2. The number of pyridine rings is 3. The molecular weight excluding hydrogens is 1170 g/mol. The number of allylic oxidation sites excluding steroid dienone is 6. The first kappa shape index (κ1) is 64.8. The third-order valence-electron chi connectivity index (χ3n) is 18.4. The van der Waals surface area contributed by atoms with Crippen molar-refractivity contribution in [1.29, 1.82) is 0 Å². The van der Waals surface area contributed by atoms with Crippen LogP contribution in [-0.2, 0) is 45.1 Å². The fourth-order valence-electron chi connectivity index (χ4n) is 13.7. The molecule has 1 saturated heterocycles. The first-order valence-electron chi connectivity index (χ1n) is 32.1. The average molecular weight is 1260 g/mol. The van der Waals surface area contributed by atoms with Crippen LogP contribution in [0.1, 0.15) is 135 Å². The van der Waals surface area contributed by atoms with Crippen molar-refractivity contribution in [1.82, 2.24) is 35.4 Å².